The van der Waals surface area contributed by atoms with Crippen molar-refractivity contribution < 1.29 is 4.79 Å². The zero-order valence-electron chi connectivity index (χ0n) is 8.73. The van der Waals surface area contributed by atoms with Crippen molar-refractivity contribution in [2.75, 3.05) is 12.4 Å². The summed E-state index contributed by atoms with van der Waals surface area (Å²) < 4.78 is 4.05. The van der Waals surface area contributed by atoms with Crippen LogP contribution in [0.5, 0.6) is 0 Å². The summed E-state index contributed by atoms with van der Waals surface area (Å²) in [5.41, 5.74) is 2.10. The molecule has 0 aliphatic heterocycles. The van der Waals surface area contributed by atoms with Crippen LogP contribution in [0.4, 0.5) is 11.4 Å². The van der Waals surface area contributed by atoms with Gasteiger partial charge in [-0.15, -0.1) is 0 Å². The standard InChI is InChI=1S/C11H11N3OS/c1-12-11(15)10-9(7-16-14-10)13-8-5-3-2-4-6-8/h2-7,13H,1H3,(H,12,15). The molecule has 0 bridgehead atoms. The first-order valence-corrected chi connectivity index (χ1v) is 5.63. The highest BCUT2D eigenvalue weighted by Gasteiger charge is 2.12. The van der Waals surface area contributed by atoms with Gasteiger partial charge in [0.2, 0.25) is 0 Å². The number of carbonyl (C=O) groups is 1. The molecule has 0 saturated heterocycles. The molecule has 0 spiro atoms. The van der Waals surface area contributed by atoms with Gasteiger partial charge in [-0.05, 0) is 23.7 Å². The molecule has 0 atom stereocenters. The van der Waals surface area contributed by atoms with Crippen molar-refractivity contribution in [2.45, 2.75) is 0 Å². The van der Waals surface area contributed by atoms with Gasteiger partial charge in [0, 0.05) is 18.1 Å². The van der Waals surface area contributed by atoms with E-state index < -0.39 is 0 Å². The fourth-order valence-electron chi connectivity index (χ4n) is 1.28. The third kappa shape index (κ3) is 2.20. The zero-order valence-corrected chi connectivity index (χ0v) is 9.54. The van der Waals surface area contributed by atoms with Gasteiger partial charge in [-0.2, -0.15) is 4.37 Å². The predicted molar refractivity (Wildman–Crippen MR) is 65.2 cm³/mol. The number of amides is 1. The highest BCUT2D eigenvalue weighted by atomic mass is 32.1. The van der Waals surface area contributed by atoms with Gasteiger partial charge in [0.05, 0.1) is 5.69 Å². The fourth-order valence-corrected chi connectivity index (χ4v) is 1.90. The Morgan fingerprint density at radius 2 is 2.06 bits per heavy atom. The maximum absolute atomic E-state index is 11.5. The molecule has 82 valence electrons. The van der Waals surface area contributed by atoms with Crippen LogP contribution in [0.15, 0.2) is 35.7 Å². The van der Waals surface area contributed by atoms with Crippen molar-refractivity contribution >= 4 is 28.8 Å². The first-order chi connectivity index (χ1) is 7.81. The number of para-hydroxylation sites is 1. The number of anilines is 2. The average molecular weight is 233 g/mol. The Bertz CT molecular complexity index is 481. The average Bonchev–Trinajstić information content (AvgIpc) is 2.77. The number of nitrogens with one attached hydrogen (secondary N) is 2. The topological polar surface area (TPSA) is 54.0 Å². The lowest BCUT2D eigenvalue weighted by atomic mass is 10.3. The van der Waals surface area contributed by atoms with Gasteiger partial charge in [-0.25, -0.2) is 0 Å². The molecule has 0 aliphatic rings. The summed E-state index contributed by atoms with van der Waals surface area (Å²) in [6.07, 6.45) is 0. The largest absolute Gasteiger partial charge is 0.354 e. The SMILES string of the molecule is CNC(=O)c1nscc1Nc1ccccc1. The number of rotatable bonds is 3. The lowest BCUT2D eigenvalue weighted by Gasteiger charge is -2.05. The molecule has 2 rings (SSSR count). The Balaban J connectivity index is 2.22. The van der Waals surface area contributed by atoms with E-state index >= 15 is 0 Å². The minimum atomic E-state index is -0.181. The van der Waals surface area contributed by atoms with Crippen LogP contribution in [0.3, 0.4) is 0 Å². The van der Waals surface area contributed by atoms with Crippen LogP contribution in [-0.4, -0.2) is 17.3 Å². The van der Waals surface area contributed by atoms with E-state index in [2.05, 4.69) is 15.0 Å². The Kier molecular flexibility index (Phi) is 3.16. The van der Waals surface area contributed by atoms with Crippen molar-refractivity contribution in [3.05, 3.63) is 41.4 Å². The van der Waals surface area contributed by atoms with Crippen LogP contribution in [0.2, 0.25) is 0 Å². The molecule has 0 aliphatic carbocycles. The number of hydrogen-bond donors (Lipinski definition) is 2. The minimum Gasteiger partial charge on any atom is -0.354 e. The monoisotopic (exact) mass is 233 g/mol. The third-order valence-corrected chi connectivity index (χ3v) is 2.69. The smallest absolute Gasteiger partial charge is 0.272 e. The van der Waals surface area contributed by atoms with Crippen molar-refractivity contribution in [1.29, 1.82) is 0 Å². The molecular formula is C11H11N3OS. The van der Waals surface area contributed by atoms with E-state index in [4.69, 9.17) is 0 Å². The van der Waals surface area contributed by atoms with Gasteiger partial charge in [0.1, 0.15) is 0 Å². The van der Waals surface area contributed by atoms with Crippen LogP contribution in [0, 0.1) is 0 Å². The minimum absolute atomic E-state index is 0.181. The Morgan fingerprint density at radius 3 is 2.75 bits per heavy atom. The number of aromatic nitrogens is 1. The first kappa shape index (κ1) is 10.6. The van der Waals surface area contributed by atoms with E-state index in [1.165, 1.54) is 11.5 Å². The molecule has 2 aromatic rings. The summed E-state index contributed by atoms with van der Waals surface area (Å²) in [6.45, 7) is 0. The number of benzene rings is 1. The van der Waals surface area contributed by atoms with Crippen molar-refractivity contribution in [3.8, 4) is 0 Å². The molecule has 4 nitrogen and oxygen atoms in total. The summed E-state index contributed by atoms with van der Waals surface area (Å²) in [4.78, 5) is 11.5. The van der Waals surface area contributed by atoms with Crippen LogP contribution in [0.1, 0.15) is 10.5 Å². The van der Waals surface area contributed by atoms with Gasteiger partial charge >= 0.3 is 0 Å². The van der Waals surface area contributed by atoms with Crippen molar-refractivity contribution in [3.63, 3.8) is 0 Å². The van der Waals surface area contributed by atoms with E-state index in [0.29, 0.717) is 5.69 Å². The normalized spacial score (nSPS) is 9.81. The maximum Gasteiger partial charge on any atom is 0.272 e. The van der Waals surface area contributed by atoms with E-state index in [9.17, 15) is 4.79 Å². The van der Waals surface area contributed by atoms with Gasteiger partial charge < -0.3 is 10.6 Å². The van der Waals surface area contributed by atoms with E-state index in [1.54, 1.807) is 7.05 Å². The van der Waals surface area contributed by atoms with Crippen molar-refractivity contribution in [1.82, 2.24) is 9.69 Å². The lowest BCUT2D eigenvalue weighted by molar-refractivity contribution is 0.0960. The Hall–Kier alpha value is -1.88. The van der Waals surface area contributed by atoms with Gasteiger partial charge in [0.25, 0.3) is 5.91 Å². The quantitative estimate of drug-likeness (QED) is 0.855. The summed E-state index contributed by atoms with van der Waals surface area (Å²) >= 11 is 1.26. The van der Waals surface area contributed by atoms with Gasteiger partial charge in [0.15, 0.2) is 5.69 Å². The fraction of sp³-hybridized carbons (Fsp3) is 0.0909. The lowest BCUT2D eigenvalue weighted by Crippen LogP contribution is -2.19. The molecular weight excluding hydrogens is 222 g/mol. The zero-order chi connectivity index (χ0) is 11.4. The molecule has 16 heavy (non-hydrogen) atoms. The number of nitrogens with zero attached hydrogens (tertiary/aromatic N) is 1. The predicted octanol–water partition coefficient (Wildman–Crippen LogP) is 2.25. The van der Waals surface area contributed by atoms with Gasteiger partial charge in [-0.1, -0.05) is 18.2 Å². The summed E-state index contributed by atoms with van der Waals surface area (Å²) in [5.74, 6) is -0.181. The van der Waals surface area contributed by atoms with E-state index in [1.807, 2.05) is 35.7 Å². The molecule has 1 aromatic carbocycles. The van der Waals surface area contributed by atoms with E-state index in [0.717, 1.165) is 11.4 Å². The Labute approximate surface area is 97.5 Å². The summed E-state index contributed by atoms with van der Waals surface area (Å²) in [7, 11) is 1.59. The molecule has 1 aromatic heterocycles. The molecule has 0 fully saturated rings. The molecule has 1 heterocycles. The van der Waals surface area contributed by atoms with E-state index in [-0.39, 0.29) is 5.91 Å². The van der Waals surface area contributed by atoms with Crippen LogP contribution < -0.4 is 10.6 Å². The van der Waals surface area contributed by atoms with Crippen LogP contribution in [0.25, 0.3) is 0 Å². The first-order valence-electron chi connectivity index (χ1n) is 4.80. The second-order valence-corrected chi connectivity index (χ2v) is 3.78. The maximum atomic E-state index is 11.5. The second-order valence-electron chi connectivity index (χ2n) is 3.15. The number of carbonyl (C=O) groups excluding carboxylic acids is 1. The van der Waals surface area contributed by atoms with Crippen LogP contribution >= 0.6 is 11.5 Å². The highest BCUT2D eigenvalue weighted by Crippen LogP contribution is 2.21. The molecule has 1 amide bonds. The second kappa shape index (κ2) is 4.76. The molecule has 5 heteroatoms. The third-order valence-electron chi connectivity index (χ3n) is 2.06. The molecule has 0 unspecified atom stereocenters. The Morgan fingerprint density at radius 1 is 1.31 bits per heavy atom. The summed E-state index contributed by atoms with van der Waals surface area (Å²) in [5, 5.41) is 7.53. The molecule has 2 N–H and O–H groups in total. The van der Waals surface area contributed by atoms with Gasteiger partial charge in [-0.3, -0.25) is 4.79 Å². The van der Waals surface area contributed by atoms with Crippen molar-refractivity contribution in [2.24, 2.45) is 0 Å². The molecule has 0 radical (unpaired) electrons. The van der Waals surface area contributed by atoms with Crippen LogP contribution in [-0.2, 0) is 0 Å². The summed E-state index contributed by atoms with van der Waals surface area (Å²) in [6, 6.07) is 9.68. The molecule has 0 saturated carbocycles. The number of hydrogen-bond acceptors (Lipinski definition) is 4. The highest BCUT2D eigenvalue weighted by molar-refractivity contribution is 7.04.